The Morgan fingerprint density at radius 2 is 1.83 bits per heavy atom. The molecule has 0 radical (unpaired) electrons. The van der Waals surface area contributed by atoms with Crippen LogP contribution in [0.4, 0.5) is 10.1 Å². The van der Waals surface area contributed by atoms with Crippen molar-refractivity contribution in [2.45, 2.75) is 13.0 Å². The Kier molecular flexibility index (Phi) is 4.35. The van der Waals surface area contributed by atoms with Crippen LogP contribution in [0.15, 0.2) is 45.5 Å². The summed E-state index contributed by atoms with van der Waals surface area (Å²) >= 11 is 6.97. The Morgan fingerprint density at radius 1 is 1.17 bits per heavy atom. The van der Waals surface area contributed by atoms with Gasteiger partial charge in [0.2, 0.25) is 0 Å². The lowest BCUT2D eigenvalue weighted by atomic mass is 10.2. The van der Waals surface area contributed by atoms with E-state index < -0.39 is 0 Å². The Bertz CT molecular complexity index is 523. The van der Waals surface area contributed by atoms with Gasteiger partial charge in [0.15, 0.2) is 0 Å². The summed E-state index contributed by atoms with van der Waals surface area (Å²) in [6.07, 6.45) is 1.22. The van der Waals surface area contributed by atoms with Crippen molar-refractivity contribution in [2.75, 3.05) is 5.32 Å². The number of benzene rings is 1. The van der Waals surface area contributed by atoms with Crippen molar-refractivity contribution in [2.24, 2.45) is 0 Å². The standard InChI is InChI=1S/C13H11Br2FN2/c1-8(12-6-5-9(16)7-17-12)18-13-10(14)3-2-4-11(13)15/h2-8,18H,1H3. The summed E-state index contributed by atoms with van der Waals surface area (Å²) < 4.78 is 14.7. The van der Waals surface area contributed by atoms with Crippen molar-refractivity contribution < 1.29 is 4.39 Å². The minimum absolute atomic E-state index is 0.0133. The van der Waals surface area contributed by atoms with Gasteiger partial charge in [-0.2, -0.15) is 0 Å². The second-order valence-corrected chi connectivity index (χ2v) is 5.57. The molecule has 0 aliphatic heterocycles. The van der Waals surface area contributed by atoms with E-state index >= 15 is 0 Å². The zero-order valence-electron chi connectivity index (χ0n) is 9.62. The van der Waals surface area contributed by atoms with Gasteiger partial charge in [0.1, 0.15) is 5.82 Å². The molecule has 1 atom stereocenters. The normalized spacial score (nSPS) is 12.2. The molecule has 5 heteroatoms. The zero-order valence-corrected chi connectivity index (χ0v) is 12.8. The minimum Gasteiger partial charge on any atom is -0.375 e. The monoisotopic (exact) mass is 372 g/mol. The van der Waals surface area contributed by atoms with E-state index in [1.165, 1.54) is 12.3 Å². The van der Waals surface area contributed by atoms with Crippen LogP contribution in [0, 0.1) is 5.82 Å². The summed E-state index contributed by atoms with van der Waals surface area (Å²) in [5, 5.41) is 3.34. The van der Waals surface area contributed by atoms with E-state index in [0.29, 0.717) is 0 Å². The molecule has 0 bridgehead atoms. The Balaban J connectivity index is 2.21. The number of nitrogens with zero attached hydrogens (tertiary/aromatic N) is 1. The van der Waals surface area contributed by atoms with E-state index in [1.807, 2.05) is 25.1 Å². The van der Waals surface area contributed by atoms with Gasteiger partial charge in [-0.15, -0.1) is 0 Å². The van der Waals surface area contributed by atoms with Crippen LogP contribution in [0.3, 0.4) is 0 Å². The molecule has 1 aromatic heterocycles. The van der Waals surface area contributed by atoms with Crippen LogP contribution < -0.4 is 5.32 Å². The first kappa shape index (κ1) is 13.5. The Morgan fingerprint density at radius 3 is 2.39 bits per heavy atom. The molecule has 0 spiro atoms. The van der Waals surface area contributed by atoms with Crippen LogP contribution in [-0.2, 0) is 0 Å². The smallest absolute Gasteiger partial charge is 0.141 e. The number of anilines is 1. The quantitative estimate of drug-likeness (QED) is 0.825. The molecular formula is C13H11Br2FN2. The molecule has 1 N–H and O–H groups in total. The maximum Gasteiger partial charge on any atom is 0.141 e. The predicted molar refractivity (Wildman–Crippen MR) is 78.1 cm³/mol. The lowest BCUT2D eigenvalue weighted by Crippen LogP contribution is -2.09. The van der Waals surface area contributed by atoms with Crippen LogP contribution >= 0.6 is 31.9 Å². The molecule has 0 aliphatic carbocycles. The number of pyridine rings is 1. The average Bonchev–Trinajstić information content (AvgIpc) is 2.34. The number of hydrogen-bond donors (Lipinski definition) is 1. The van der Waals surface area contributed by atoms with E-state index in [1.54, 1.807) is 6.07 Å². The zero-order chi connectivity index (χ0) is 13.1. The highest BCUT2D eigenvalue weighted by molar-refractivity contribution is 9.11. The van der Waals surface area contributed by atoms with Gasteiger partial charge in [0.25, 0.3) is 0 Å². The van der Waals surface area contributed by atoms with E-state index in [0.717, 1.165) is 20.3 Å². The van der Waals surface area contributed by atoms with Crippen LogP contribution in [0.5, 0.6) is 0 Å². The van der Waals surface area contributed by atoms with Crippen LogP contribution in [0.1, 0.15) is 18.7 Å². The molecule has 1 heterocycles. The number of rotatable bonds is 3. The SMILES string of the molecule is CC(Nc1c(Br)cccc1Br)c1ccc(F)cn1. The highest BCUT2D eigenvalue weighted by Gasteiger charge is 2.11. The van der Waals surface area contributed by atoms with Crippen LogP contribution in [0.2, 0.25) is 0 Å². The third kappa shape index (κ3) is 3.09. The summed E-state index contributed by atoms with van der Waals surface area (Å²) in [6.45, 7) is 1.98. The molecule has 18 heavy (non-hydrogen) atoms. The second kappa shape index (κ2) is 5.80. The Labute approximate surface area is 122 Å². The predicted octanol–water partition coefficient (Wildman–Crippen LogP) is 4.92. The van der Waals surface area contributed by atoms with Crippen molar-refractivity contribution in [3.63, 3.8) is 0 Å². The van der Waals surface area contributed by atoms with Crippen molar-refractivity contribution in [3.8, 4) is 0 Å². The van der Waals surface area contributed by atoms with Crippen molar-refractivity contribution in [3.05, 3.63) is 57.0 Å². The third-order valence-electron chi connectivity index (χ3n) is 2.52. The van der Waals surface area contributed by atoms with Crippen LogP contribution in [-0.4, -0.2) is 4.98 Å². The molecule has 94 valence electrons. The first-order valence-electron chi connectivity index (χ1n) is 5.40. The number of para-hydroxylation sites is 1. The Hall–Kier alpha value is -0.940. The molecule has 0 saturated carbocycles. The van der Waals surface area contributed by atoms with Gasteiger partial charge in [-0.3, -0.25) is 4.98 Å². The fourth-order valence-electron chi connectivity index (χ4n) is 1.57. The largest absolute Gasteiger partial charge is 0.375 e. The van der Waals surface area contributed by atoms with Gasteiger partial charge in [0, 0.05) is 8.95 Å². The fraction of sp³-hybridized carbons (Fsp3) is 0.154. The number of hydrogen-bond acceptors (Lipinski definition) is 2. The van der Waals surface area contributed by atoms with Gasteiger partial charge >= 0.3 is 0 Å². The maximum absolute atomic E-state index is 12.8. The van der Waals surface area contributed by atoms with Crippen molar-refractivity contribution in [1.82, 2.24) is 4.98 Å². The third-order valence-corrected chi connectivity index (χ3v) is 3.84. The van der Waals surface area contributed by atoms with Gasteiger partial charge in [-0.25, -0.2) is 4.39 Å². The maximum atomic E-state index is 12.8. The molecule has 0 aliphatic rings. The van der Waals surface area contributed by atoms with Gasteiger partial charge in [-0.05, 0) is 63.0 Å². The average molecular weight is 374 g/mol. The van der Waals surface area contributed by atoms with Crippen molar-refractivity contribution in [1.29, 1.82) is 0 Å². The van der Waals surface area contributed by atoms with Gasteiger partial charge < -0.3 is 5.32 Å². The van der Waals surface area contributed by atoms with Crippen LogP contribution in [0.25, 0.3) is 0 Å². The molecule has 2 aromatic rings. The lowest BCUT2D eigenvalue weighted by molar-refractivity contribution is 0.617. The summed E-state index contributed by atoms with van der Waals surface area (Å²) in [7, 11) is 0. The van der Waals surface area contributed by atoms with E-state index in [9.17, 15) is 4.39 Å². The number of nitrogens with one attached hydrogen (secondary N) is 1. The van der Waals surface area contributed by atoms with E-state index in [2.05, 4.69) is 42.2 Å². The highest BCUT2D eigenvalue weighted by Crippen LogP contribution is 2.33. The first-order valence-corrected chi connectivity index (χ1v) is 6.98. The molecule has 0 amide bonds. The first-order chi connectivity index (χ1) is 8.58. The summed E-state index contributed by atoms with van der Waals surface area (Å²) in [5.74, 6) is -0.326. The second-order valence-electron chi connectivity index (χ2n) is 3.86. The van der Waals surface area contributed by atoms with Gasteiger partial charge in [0.05, 0.1) is 23.6 Å². The molecule has 1 unspecified atom stereocenters. The highest BCUT2D eigenvalue weighted by atomic mass is 79.9. The molecule has 2 rings (SSSR count). The topological polar surface area (TPSA) is 24.9 Å². The summed E-state index contributed by atoms with van der Waals surface area (Å²) in [6, 6.07) is 8.93. The molecule has 0 fully saturated rings. The number of aromatic nitrogens is 1. The molecule has 0 saturated heterocycles. The molecule has 2 nitrogen and oxygen atoms in total. The lowest BCUT2D eigenvalue weighted by Gasteiger charge is -2.17. The number of halogens is 3. The summed E-state index contributed by atoms with van der Waals surface area (Å²) in [5.41, 5.74) is 1.75. The summed E-state index contributed by atoms with van der Waals surface area (Å²) in [4.78, 5) is 4.07. The van der Waals surface area contributed by atoms with E-state index in [-0.39, 0.29) is 11.9 Å². The van der Waals surface area contributed by atoms with Gasteiger partial charge in [-0.1, -0.05) is 6.07 Å². The minimum atomic E-state index is -0.326. The molecular weight excluding hydrogens is 363 g/mol. The molecule has 1 aromatic carbocycles. The van der Waals surface area contributed by atoms with E-state index in [4.69, 9.17) is 0 Å². The fourth-order valence-corrected chi connectivity index (χ4v) is 2.80. The van der Waals surface area contributed by atoms with Crippen molar-refractivity contribution >= 4 is 37.5 Å².